The third kappa shape index (κ3) is 6.25. The van der Waals surface area contributed by atoms with E-state index < -0.39 is 25.9 Å². The van der Waals surface area contributed by atoms with Crippen LogP contribution in [0.25, 0.3) is 6.08 Å². The molecule has 36 heavy (non-hydrogen) atoms. The molecule has 14 heteroatoms. The van der Waals surface area contributed by atoms with Gasteiger partial charge in [0.2, 0.25) is 19.3 Å². The van der Waals surface area contributed by atoms with Gasteiger partial charge in [0.25, 0.3) is 5.91 Å². The SMILES string of the molecule is CCS(=O)(=O)c1nnc(NC(=O)/C(C#N)=C\c2ccc(OS(=O)(=O)c3ccc(C)cc3)c(OC)c2)s1. The smallest absolute Gasteiger partial charge is 0.339 e. The van der Waals surface area contributed by atoms with Gasteiger partial charge in [-0.2, -0.15) is 13.7 Å². The fraction of sp³-hybridized carbons (Fsp3) is 0.182. The molecular weight excluding hydrogens is 528 g/mol. The van der Waals surface area contributed by atoms with Crippen LogP contribution in [0.3, 0.4) is 0 Å². The standard InChI is InChI=1S/C22H20N4O7S3/c1-4-35(28,29)22-26-25-21(34-22)24-20(27)16(13-23)11-15-7-10-18(19(12-15)32-3)33-36(30,31)17-8-5-14(2)6-9-17/h5-12H,4H2,1-3H3,(H,24,25,27)/b16-11-. The number of amides is 1. The molecule has 11 nitrogen and oxygen atoms in total. The Morgan fingerprint density at radius 1 is 1.11 bits per heavy atom. The van der Waals surface area contributed by atoms with Gasteiger partial charge in [0.05, 0.1) is 12.9 Å². The molecule has 1 amide bonds. The monoisotopic (exact) mass is 548 g/mol. The summed E-state index contributed by atoms with van der Waals surface area (Å²) in [4.78, 5) is 12.5. The Kier molecular flexibility index (Phi) is 8.08. The fourth-order valence-electron chi connectivity index (χ4n) is 2.70. The lowest BCUT2D eigenvalue weighted by Crippen LogP contribution is -2.13. The van der Waals surface area contributed by atoms with Crippen LogP contribution in [0.2, 0.25) is 0 Å². The molecule has 0 fully saturated rings. The molecule has 0 saturated carbocycles. The number of ether oxygens (including phenoxy) is 1. The van der Waals surface area contributed by atoms with E-state index in [4.69, 9.17) is 8.92 Å². The van der Waals surface area contributed by atoms with Gasteiger partial charge in [0.15, 0.2) is 11.5 Å². The lowest BCUT2D eigenvalue weighted by atomic mass is 10.1. The summed E-state index contributed by atoms with van der Waals surface area (Å²) in [6.45, 7) is 3.28. The van der Waals surface area contributed by atoms with E-state index in [9.17, 15) is 26.9 Å². The van der Waals surface area contributed by atoms with E-state index in [-0.39, 0.29) is 37.2 Å². The lowest BCUT2D eigenvalue weighted by molar-refractivity contribution is -0.112. The number of rotatable bonds is 9. The van der Waals surface area contributed by atoms with Crippen molar-refractivity contribution in [2.45, 2.75) is 23.1 Å². The minimum absolute atomic E-state index is 0.0332. The van der Waals surface area contributed by atoms with Crippen molar-refractivity contribution in [2.24, 2.45) is 0 Å². The number of aryl methyl sites for hydroxylation is 1. The quantitative estimate of drug-likeness (QED) is 0.182. The highest BCUT2D eigenvalue weighted by atomic mass is 32.2. The van der Waals surface area contributed by atoms with Crippen LogP contribution in [0.4, 0.5) is 5.13 Å². The van der Waals surface area contributed by atoms with Gasteiger partial charge in [-0.05, 0) is 42.8 Å². The molecule has 0 radical (unpaired) electrons. The highest BCUT2D eigenvalue weighted by molar-refractivity contribution is 7.93. The molecule has 0 aliphatic rings. The van der Waals surface area contributed by atoms with Crippen molar-refractivity contribution in [3.05, 3.63) is 59.2 Å². The number of carbonyl (C=O) groups excluding carboxylic acids is 1. The van der Waals surface area contributed by atoms with Crippen LogP contribution in [0, 0.1) is 18.3 Å². The molecule has 0 aliphatic carbocycles. The minimum Gasteiger partial charge on any atom is -0.493 e. The van der Waals surface area contributed by atoms with E-state index in [1.165, 1.54) is 50.4 Å². The van der Waals surface area contributed by atoms with Crippen molar-refractivity contribution < 1.29 is 30.6 Å². The normalized spacial score (nSPS) is 12.0. The number of methoxy groups -OCH3 is 1. The fourth-order valence-corrected chi connectivity index (χ4v) is 5.63. The maximum Gasteiger partial charge on any atom is 0.339 e. The predicted molar refractivity (Wildman–Crippen MR) is 132 cm³/mol. The van der Waals surface area contributed by atoms with Gasteiger partial charge in [0.1, 0.15) is 16.5 Å². The van der Waals surface area contributed by atoms with Crippen molar-refractivity contribution in [2.75, 3.05) is 18.2 Å². The number of anilines is 1. The van der Waals surface area contributed by atoms with Crippen molar-refractivity contribution in [1.29, 1.82) is 5.26 Å². The van der Waals surface area contributed by atoms with Crippen molar-refractivity contribution in [1.82, 2.24) is 10.2 Å². The summed E-state index contributed by atoms with van der Waals surface area (Å²) in [5.41, 5.74) is 0.899. The van der Waals surface area contributed by atoms with Crippen LogP contribution in [0.5, 0.6) is 11.5 Å². The molecular formula is C22H20N4O7S3. The first-order valence-corrected chi connectivity index (χ1v) is 14.1. The Labute approximate surface area is 212 Å². The molecule has 0 aliphatic heterocycles. The van der Waals surface area contributed by atoms with Crippen LogP contribution < -0.4 is 14.2 Å². The second kappa shape index (κ2) is 10.9. The van der Waals surface area contributed by atoms with Crippen molar-refractivity contribution in [3.8, 4) is 17.6 Å². The number of benzene rings is 2. The minimum atomic E-state index is -4.13. The van der Waals surface area contributed by atoms with Gasteiger partial charge in [0, 0.05) is 0 Å². The van der Waals surface area contributed by atoms with Gasteiger partial charge in [-0.15, -0.1) is 10.2 Å². The Hall–Kier alpha value is -3.80. The first-order chi connectivity index (χ1) is 17.0. The van der Waals surface area contributed by atoms with Crippen molar-refractivity contribution >= 4 is 48.4 Å². The second-order valence-electron chi connectivity index (χ2n) is 7.16. The van der Waals surface area contributed by atoms with Gasteiger partial charge in [-0.3, -0.25) is 10.1 Å². The average Bonchev–Trinajstić information content (AvgIpc) is 3.32. The van der Waals surface area contributed by atoms with Gasteiger partial charge >= 0.3 is 10.1 Å². The predicted octanol–water partition coefficient (Wildman–Crippen LogP) is 2.96. The Balaban J connectivity index is 1.82. The number of sulfone groups is 1. The molecule has 3 rings (SSSR count). The number of nitrogens with zero attached hydrogens (tertiary/aromatic N) is 3. The molecule has 3 aromatic rings. The van der Waals surface area contributed by atoms with E-state index in [1.54, 1.807) is 18.2 Å². The first-order valence-electron chi connectivity index (χ1n) is 10.2. The van der Waals surface area contributed by atoms with Gasteiger partial charge < -0.3 is 8.92 Å². The molecule has 1 N–H and O–H groups in total. The molecule has 188 valence electrons. The van der Waals surface area contributed by atoms with E-state index in [0.717, 1.165) is 5.56 Å². The summed E-state index contributed by atoms with van der Waals surface area (Å²) in [7, 11) is -6.41. The molecule has 0 atom stereocenters. The maximum absolute atomic E-state index is 12.6. The number of hydrogen-bond acceptors (Lipinski definition) is 11. The van der Waals surface area contributed by atoms with E-state index in [1.807, 2.05) is 6.92 Å². The molecule has 1 heterocycles. The summed E-state index contributed by atoms with van der Waals surface area (Å²) in [5.74, 6) is -1.05. The highest BCUT2D eigenvalue weighted by Crippen LogP contribution is 2.32. The van der Waals surface area contributed by atoms with Crippen LogP contribution in [-0.4, -0.2) is 45.8 Å². The number of hydrogen-bond donors (Lipinski definition) is 1. The van der Waals surface area contributed by atoms with Crippen LogP contribution in [0.15, 0.2) is 57.3 Å². The molecule has 1 aromatic heterocycles. The van der Waals surface area contributed by atoms with E-state index >= 15 is 0 Å². The van der Waals surface area contributed by atoms with Gasteiger partial charge in [-0.1, -0.05) is 42.0 Å². The summed E-state index contributed by atoms with van der Waals surface area (Å²) >= 11 is 0.667. The third-order valence-corrected chi connectivity index (χ3v) is 8.91. The van der Waals surface area contributed by atoms with Crippen LogP contribution in [0.1, 0.15) is 18.1 Å². The summed E-state index contributed by atoms with van der Waals surface area (Å²) < 4.78 is 59.2. The Morgan fingerprint density at radius 3 is 2.42 bits per heavy atom. The van der Waals surface area contributed by atoms with E-state index in [2.05, 4.69) is 15.5 Å². The maximum atomic E-state index is 12.6. The molecule has 0 unspecified atom stereocenters. The average molecular weight is 549 g/mol. The summed E-state index contributed by atoms with van der Waals surface area (Å²) in [5, 5.41) is 18.9. The zero-order valence-electron chi connectivity index (χ0n) is 19.3. The highest BCUT2D eigenvalue weighted by Gasteiger charge is 2.21. The molecule has 0 saturated heterocycles. The largest absolute Gasteiger partial charge is 0.493 e. The van der Waals surface area contributed by atoms with Gasteiger partial charge in [-0.25, -0.2) is 8.42 Å². The molecule has 2 aromatic carbocycles. The summed E-state index contributed by atoms with van der Waals surface area (Å²) in [6, 6.07) is 12.0. The van der Waals surface area contributed by atoms with Crippen LogP contribution >= 0.6 is 11.3 Å². The Morgan fingerprint density at radius 2 is 1.81 bits per heavy atom. The summed E-state index contributed by atoms with van der Waals surface area (Å²) in [6.07, 6.45) is 1.24. The zero-order valence-corrected chi connectivity index (χ0v) is 21.7. The number of nitrogens with one attached hydrogen (secondary N) is 1. The zero-order chi connectivity index (χ0) is 26.5. The molecule has 0 bridgehead atoms. The first kappa shape index (κ1) is 26.8. The number of carbonyl (C=O) groups is 1. The topological polar surface area (TPSA) is 165 Å². The van der Waals surface area contributed by atoms with Crippen molar-refractivity contribution in [3.63, 3.8) is 0 Å². The molecule has 0 spiro atoms. The number of nitriles is 1. The van der Waals surface area contributed by atoms with Crippen LogP contribution in [-0.2, 0) is 24.7 Å². The Bertz CT molecular complexity index is 1570. The van der Waals surface area contributed by atoms with E-state index in [0.29, 0.717) is 16.9 Å². The lowest BCUT2D eigenvalue weighted by Gasteiger charge is -2.11. The third-order valence-electron chi connectivity index (χ3n) is 4.65. The number of aromatic nitrogens is 2. The second-order valence-corrected chi connectivity index (χ2v) is 12.1.